The molecule has 1 amide bonds. The van der Waals surface area contributed by atoms with Crippen LogP contribution >= 0.6 is 11.3 Å². The van der Waals surface area contributed by atoms with Gasteiger partial charge >= 0.3 is 0 Å². The molecule has 9 nitrogen and oxygen atoms in total. The molecule has 0 atom stereocenters. The smallest absolute Gasteiger partial charge is 0.271 e. The van der Waals surface area contributed by atoms with Crippen molar-refractivity contribution >= 4 is 34.1 Å². The minimum Gasteiger partial charge on any atom is -0.317 e. The number of carbonyl (C=O) groups is 1. The highest BCUT2D eigenvalue weighted by atomic mass is 32.1. The van der Waals surface area contributed by atoms with Crippen molar-refractivity contribution in [3.8, 4) is 11.8 Å². The minimum absolute atomic E-state index is 0.0506. The van der Waals surface area contributed by atoms with Crippen molar-refractivity contribution in [2.75, 3.05) is 5.32 Å². The molecule has 31 heavy (non-hydrogen) atoms. The van der Waals surface area contributed by atoms with Crippen molar-refractivity contribution in [2.45, 2.75) is 32.6 Å². The van der Waals surface area contributed by atoms with E-state index < -0.39 is 10.8 Å². The summed E-state index contributed by atoms with van der Waals surface area (Å²) in [5.74, 6) is -0.592. The number of aryl methyl sites for hydroxylation is 1. The largest absolute Gasteiger partial charge is 0.317 e. The number of non-ortho nitro benzene ring substituents is 1. The van der Waals surface area contributed by atoms with Gasteiger partial charge < -0.3 is 4.57 Å². The molecule has 2 aromatic heterocycles. The molecular formula is C21H20N6O3S. The van der Waals surface area contributed by atoms with Crippen LogP contribution in [0.1, 0.15) is 36.9 Å². The maximum absolute atomic E-state index is 12.6. The number of carbonyl (C=O) groups excluding carboxylic acids is 1. The molecule has 158 valence electrons. The molecule has 1 aromatic carbocycles. The number of benzene rings is 1. The van der Waals surface area contributed by atoms with Gasteiger partial charge in [0.2, 0.25) is 5.13 Å². The third kappa shape index (κ3) is 5.61. The molecule has 0 unspecified atom stereocenters. The van der Waals surface area contributed by atoms with Crippen LogP contribution in [-0.4, -0.2) is 25.6 Å². The highest BCUT2D eigenvalue weighted by Crippen LogP contribution is 2.21. The van der Waals surface area contributed by atoms with E-state index in [0.29, 0.717) is 16.5 Å². The third-order valence-electron chi connectivity index (χ3n) is 4.44. The fraction of sp³-hybridized carbons (Fsp3) is 0.238. The zero-order valence-corrected chi connectivity index (χ0v) is 17.6. The molecule has 2 heterocycles. The Balaban J connectivity index is 1.78. The topological polar surface area (TPSA) is 127 Å². The number of nitro groups is 1. The third-order valence-corrected chi connectivity index (χ3v) is 5.34. The van der Waals surface area contributed by atoms with E-state index in [-0.39, 0.29) is 11.3 Å². The molecule has 1 N–H and O–H groups in total. The Bertz CT molecular complexity index is 1160. The number of nitro benzene ring substituents is 1. The molecule has 0 spiro atoms. The van der Waals surface area contributed by atoms with E-state index in [1.54, 1.807) is 35.0 Å². The van der Waals surface area contributed by atoms with Gasteiger partial charge in [0.1, 0.15) is 16.6 Å². The van der Waals surface area contributed by atoms with Crippen molar-refractivity contribution in [3.63, 3.8) is 0 Å². The second-order valence-corrected chi connectivity index (χ2v) is 7.72. The summed E-state index contributed by atoms with van der Waals surface area (Å²) in [7, 11) is 0. The maximum Gasteiger partial charge on any atom is 0.271 e. The monoisotopic (exact) mass is 436 g/mol. The Kier molecular flexibility index (Phi) is 7.24. The number of aromatic nitrogens is 3. The highest BCUT2D eigenvalue weighted by molar-refractivity contribution is 7.15. The van der Waals surface area contributed by atoms with Gasteiger partial charge in [0.05, 0.1) is 10.6 Å². The first-order valence-electron chi connectivity index (χ1n) is 9.69. The van der Waals surface area contributed by atoms with E-state index in [0.717, 1.165) is 30.7 Å². The first kappa shape index (κ1) is 21.9. The summed E-state index contributed by atoms with van der Waals surface area (Å²) in [6.45, 7) is 2.12. The molecule has 0 bridgehead atoms. The molecular weight excluding hydrogens is 416 g/mol. The number of nitrogens with zero attached hydrogens (tertiary/aromatic N) is 5. The molecule has 0 saturated carbocycles. The summed E-state index contributed by atoms with van der Waals surface area (Å²) in [6, 6.07) is 11.4. The van der Waals surface area contributed by atoms with E-state index >= 15 is 0 Å². The second-order valence-electron chi connectivity index (χ2n) is 6.66. The lowest BCUT2D eigenvalue weighted by Gasteiger charge is -2.07. The van der Waals surface area contributed by atoms with Gasteiger partial charge in [-0.05, 0) is 30.7 Å². The number of rotatable bonds is 9. The van der Waals surface area contributed by atoms with E-state index in [4.69, 9.17) is 0 Å². The minimum atomic E-state index is -0.592. The molecule has 3 rings (SSSR count). The maximum atomic E-state index is 12.6. The number of unbranched alkanes of at least 4 members (excludes halogenated alkanes) is 2. The lowest BCUT2D eigenvalue weighted by molar-refractivity contribution is -0.384. The van der Waals surface area contributed by atoms with Gasteiger partial charge in [-0.3, -0.25) is 20.2 Å². The first-order valence-corrected chi connectivity index (χ1v) is 10.5. The van der Waals surface area contributed by atoms with E-state index in [9.17, 15) is 20.2 Å². The van der Waals surface area contributed by atoms with Crippen molar-refractivity contribution in [1.29, 1.82) is 5.26 Å². The van der Waals surface area contributed by atoms with Gasteiger partial charge in [-0.2, -0.15) is 5.26 Å². The molecule has 3 aromatic rings. The van der Waals surface area contributed by atoms with Crippen LogP contribution in [0.4, 0.5) is 10.8 Å². The fourth-order valence-electron chi connectivity index (χ4n) is 2.90. The van der Waals surface area contributed by atoms with Gasteiger partial charge in [-0.25, -0.2) is 0 Å². The standard InChI is InChI=1S/C21H20N6O3S/c1-2-3-4-10-19-24-25-21(31-19)23-20(28)15(14-22)12-16-9-6-11-26(16)17-7-5-8-18(13-17)27(29)30/h5-9,11-13H,2-4,10H2,1H3,(H,23,25,28)/b15-12-. The number of nitriles is 1. The summed E-state index contributed by atoms with van der Waals surface area (Å²) in [6.07, 6.45) is 7.15. The molecule has 10 heteroatoms. The fourth-order valence-corrected chi connectivity index (χ4v) is 3.67. The number of hydrogen-bond donors (Lipinski definition) is 1. The zero-order valence-electron chi connectivity index (χ0n) is 16.8. The summed E-state index contributed by atoms with van der Waals surface area (Å²) in [5, 5.41) is 32.4. The molecule has 0 radical (unpaired) electrons. The van der Waals surface area contributed by atoms with Crippen LogP contribution in [0.15, 0.2) is 48.2 Å². The Morgan fingerprint density at radius 2 is 2.16 bits per heavy atom. The van der Waals surface area contributed by atoms with Crippen LogP contribution < -0.4 is 5.32 Å². The Morgan fingerprint density at radius 1 is 1.32 bits per heavy atom. The second kappa shape index (κ2) is 10.3. The Labute approximate surface area is 182 Å². The first-order chi connectivity index (χ1) is 15.0. The van der Waals surface area contributed by atoms with Crippen molar-refractivity contribution in [3.05, 3.63) is 69.0 Å². The van der Waals surface area contributed by atoms with Gasteiger partial charge in [0.25, 0.3) is 11.6 Å². The van der Waals surface area contributed by atoms with Crippen LogP contribution in [-0.2, 0) is 11.2 Å². The van der Waals surface area contributed by atoms with Crippen molar-refractivity contribution in [1.82, 2.24) is 14.8 Å². The van der Waals surface area contributed by atoms with E-state index in [1.165, 1.54) is 29.5 Å². The summed E-state index contributed by atoms with van der Waals surface area (Å²) < 4.78 is 1.66. The summed E-state index contributed by atoms with van der Waals surface area (Å²) >= 11 is 1.29. The number of anilines is 1. The van der Waals surface area contributed by atoms with Gasteiger partial charge in [-0.1, -0.05) is 37.2 Å². The van der Waals surface area contributed by atoms with Crippen molar-refractivity contribution < 1.29 is 9.72 Å². The average Bonchev–Trinajstić information content (AvgIpc) is 3.41. The SMILES string of the molecule is CCCCCc1nnc(NC(=O)/C(C#N)=C\c2cccn2-c2cccc([N+](=O)[O-])c2)s1. The average molecular weight is 436 g/mol. The Hall–Kier alpha value is -3.84. The summed E-state index contributed by atoms with van der Waals surface area (Å²) in [5.41, 5.74) is 0.909. The zero-order chi connectivity index (χ0) is 22.2. The van der Waals surface area contributed by atoms with Crippen LogP contribution in [0.3, 0.4) is 0 Å². The van der Waals surface area contributed by atoms with Crippen molar-refractivity contribution in [2.24, 2.45) is 0 Å². The predicted octanol–water partition coefficient (Wildman–Crippen LogP) is 4.52. The van der Waals surface area contributed by atoms with Crippen LogP contribution in [0, 0.1) is 21.4 Å². The molecule has 0 aliphatic carbocycles. The van der Waals surface area contributed by atoms with E-state index in [2.05, 4.69) is 22.4 Å². The van der Waals surface area contributed by atoms with Crippen LogP contribution in [0.25, 0.3) is 11.8 Å². The lowest BCUT2D eigenvalue weighted by Crippen LogP contribution is -2.13. The quantitative estimate of drug-likeness (QED) is 0.173. The number of hydrogen-bond acceptors (Lipinski definition) is 7. The van der Waals surface area contributed by atoms with Gasteiger partial charge in [0.15, 0.2) is 0 Å². The highest BCUT2D eigenvalue weighted by Gasteiger charge is 2.15. The lowest BCUT2D eigenvalue weighted by atomic mass is 10.2. The van der Waals surface area contributed by atoms with Gasteiger partial charge in [0, 0.05) is 30.4 Å². The number of nitrogens with one attached hydrogen (secondary N) is 1. The van der Waals surface area contributed by atoms with Gasteiger partial charge in [-0.15, -0.1) is 10.2 Å². The summed E-state index contributed by atoms with van der Waals surface area (Å²) in [4.78, 5) is 23.1. The number of amides is 1. The normalized spacial score (nSPS) is 11.2. The molecule has 0 saturated heterocycles. The molecule has 0 aliphatic heterocycles. The molecule has 0 aliphatic rings. The van der Waals surface area contributed by atoms with E-state index in [1.807, 2.05) is 6.07 Å². The van der Waals surface area contributed by atoms with Crippen LogP contribution in [0.2, 0.25) is 0 Å². The van der Waals surface area contributed by atoms with Crippen LogP contribution in [0.5, 0.6) is 0 Å². The molecule has 0 fully saturated rings. The Morgan fingerprint density at radius 3 is 2.90 bits per heavy atom. The predicted molar refractivity (Wildman–Crippen MR) is 118 cm³/mol.